The van der Waals surface area contributed by atoms with E-state index in [2.05, 4.69) is 16.0 Å². The molecule has 6 N–H and O–H groups in total. The maximum atomic E-state index is 12.8. The fourth-order valence-electron chi connectivity index (χ4n) is 3.27. The summed E-state index contributed by atoms with van der Waals surface area (Å²) < 4.78 is 0. The standard InChI is InChI=1S/C25H23N3O8S/c1-13-8-19(22(31)26-11-14-4-2-7-17(29)9-14)37-20(13)23(32)28-18(25(35)36)12-27-21(30)15-5-3-6-16(10-15)24(33)34/h2-10,18,29H,11-12H2,1H3,(H,26,31)(H,27,30)(H,28,32)(H,33,34)(H,35,36). The van der Waals surface area contributed by atoms with Crippen LogP contribution in [0, 0.1) is 6.92 Å². The number of aryl methyl sites for hydroxylation is 1. The Kier molecular flexibility index (Phi) is 8.59. The third kappa shape index (κ3) is 7.15. The summed E-state index contributed by atoms with van der Waals surface area (Å²) in [7, 11) is 0. The van der Waals surface area contributed by atoms with Crippen molar-refractivity contribution in [3.8, 4) is 5.75 Å². The lowest BCUT2D eigenvalue weighted by Crippen LogP contribution is -2.48. The van der Waals surface area contributed by atoms with Gasteiger partial charge in [-0.2, -0.15) is 0 Å². The molecular formula is C25H23N3O8S. The van der Waals surface area contributed by atoms with E-state index in [0.29, 0.717) is 11.1 Å². The van der Waals surface area contributed by atoms with Crippen LogP contribution >= 0.6 is 11.3 Å². The Labute approximate surface area is 214 Å². The van der Waals surface area contributed by atoms with Crippen molar-refractivity contribution >= 4 is 41.0 Å². The first-order chi connectivity index (χ1) is 17.5. The van der Waals surface area contributed by atoms with Crippen LogP contribution < -0.4 is 16.0 Å². The third-order valence-corrected chi connectivity index (χ3v) is 6.39. The van der Waals surface area contributed by atoms with E-state index in [1.807, 2.05) is 0 Å². The second kappa shape index (κ2) is 11.8. The summed E-state index contributed by atoms with van der Waals surface area (Å²) in [5, 5.41) is 35.5. The number of amides is 3. The molecule has 0 aliphatic heterocycles. The number of aliphatic carboxylic acids is 1. The molecule has 1 atom stereocenters. The van der Waals surface area contributed by atoms with Crippen LogP contribution in [-0.2, 0) is 11.3 Å². The fraction of sp³-hybridized carbons (Fsp3) is 0.160. The number of benzene rings is 2. The predicted octanol–water partition coefficient (Wildman–Crippen LogP) is 2.00. The lowest BCUT2D eigenvalue weighted by atomic mass is 10.1. The summed E-state index contributed by atoms with van der Waals surface area (Å²) in [6, 6.07) is 11.6. The van der Waals surface area contributed by atoms with Crippen LogP contribution in [0.2, 0.25) is 0 Å². The van der Waals surface area contributed by atoms with Crippen LogP contribution in [-0.4, -0.2) is 57.6 Å². The van der Waals surface area contributed by atoms with Gasteiger partial charge >= 0.3 is 11.9 Å². The van der Waals surface area contributed by atoms with Crippen LogP contribution in [0.3, 0.4) is 0 Å². The minimum atomic E-state index is -1.48. The Morgan fingerprint density at radius 3 is 2.24 bits per heavy atom. The molecule has 0 fully saturated rings. The molecule has 0 saturated carbocycles. The molecule has 0 bridgehead atoms. The summed E-state index contributed by atoms with van der Waals surface area (Å²) in [5.41, 5.74) is 1.06. The summed E-state index contributed by atoms with van der Waals surface area (Å²) in [6.45, 7) is 1.30. The smallest absolute Gasteiger partial charge is 0.335 e. The van der Waals surface area contributed by atoms with Gasteiger partial charge in [0, 0.05) is 18.7 Å². The lowest BCUT2D eigenvalue weighted by Gasteiger charge is -2.15. The van der Waals surface area contributed by atoms with E-state index in [9.17, 15) is 34.2 Å². The van der Waals surface area contributed by atoms with Gasteiger partial charge in [-0.05, 0) is 54.4 Å². The number of carboxylic acid groups (broad SMARTS) is 2. The molecule has 0 spiro atoms. The molecule has 1 heterocycles. The van der Waals surface area contributed by atoms with Gasteiger partial charge in [0.2, 0.25) is 0 Å². The molecule has 3 aromatic rings. The molecule has 12 heteroatoms. The maximum Gasteiger partial charge on any atom is 0.335 e. The zero-order valence-electron chi connectivity index (χ0n) is 19.5. The van der Waals surface area contributed by atoms with Crippen molar-refractivity contribution in [1.82, 2.24) is 16.0 Å². The van der Waals surface area contributed by atoms with Crippen molar-refractivity contribution in [3.63, 3.8) is 0 Å². The van der Waals surface area contributed by atoms with Gasteiger partial charge in [0.25, 0.3) is 17.7 Å². The molecule has 37 heavy (non-hydrogen) atoms. The van der Waals surface area contributed by atoms with E-state index >= 15 is 0 Å². The van der Waals surface area contributed by atoms with Crippen LogP contribution in [0.4, 0.5) is 0 Å². The Bertz CT molecular complexity index is 1370. The average molecular weight is 526 g/mol. The Morgan fingerprint density at radius 2 is 1.57 bits per heavy atom. The zero-order chi connectivity index (χ0) is 27.1. The summed E-state index contributed by atoms with van der Waals surface area (Å²) in [6.07, 6.45) is 0. The van der Waals surface area contributed by atoms with Gasteiger partial charge in [0.05, 0.1) is 15.3 Å². The average Bonchev–Trinajstić information content (AvgIpc) is 3.26. The summed E-state index contributed by atoms with van der Waals surface area (Å²) in [5.74, 6) is -4.43. The quantitative estimate of drug-likeness (QED) is 0.232. The minimum absolute atomic E-state index is 0.0193. The molecule has 11 nitrogen and oxygen atoms in total. The Hall–Kier alpha value is -4.71. The van der Waals surface area contributed by atoms with Crippen molar-refractivity contribution < 1.29 is 39.3 Å². The second-order valence-corrected chi connectivity index (χ2v) is 8.99. The maximum absolute atomic E-state index is 12.8. The van der Waals surface area contributed by atoms with E-state index in [-0.39, 0.29) is 33.2 Å². The Morgan fingerprint density at radius 1 is 0.865 bits per heavy atom. The number of thiophene rings is 1. The number of nitrogens with one attached hydrogen (secondary N) is 3. The molecule has 1 unspecified atom stereocenters. The number of rotatable bonds is 10. The zero-order valence-corrected chi connectivity index (χ0v) is 20.3. The number of hydrogen-bond donors (Lipinski definition) is 6. The normalized spacial score (nSPS) is 11.3. The molecule has 0 saturated heterocycles. The molecule has 0 aliphatic carbocycles. The number of aromatic carboxylic acids is 1. The minimum Gasteiger partial charge on any atom is -0.508 e. The number of carbonyl (C=O) groups is 5. The highest BCUT2D eigenvalue weighted by Crippen LogP contribution is 2.22. The number of carbonyl (C=O) groups excluding carboxylic acids is 3. The number of hydrogen-bond acceptors (Lipinski definition) is 7. The monoisotopic (exact) mass is 525 g/mol. The van der Waals surface area contributed by atoms with E-state index in [1.54, 1.807) is 19.1 Å². The summed E-state index contributed by atoms with van der Waals surface area (Å²) >= 11 is 0.884. The number of aromatic hydroxyl groups is 1. The van der Waals surface area contributed by atoms with Gasteiger partial charge in [-0.15, -0.1) is 11.3 Å². The molecule has 2 aromatic carbocycles. The number of phenols is 1. The summed E-state index contributed by atoms with van der Waals surface area (Å²) in [4.78, 5) is 60.8. The van der Waals surface area contributed by atoms with Crippen molar-refractivity contribution in [1.29, 1.82) is 0 Å². The van der Waals surface area contributed by atoms with E-state index < -0.39 is 42.2 Å². The van der Waals surface area contributed by atoms with Gasteiger partial charge < -0.3 is 31.3 Å². The lowest BCUT2D eigenvalue weighted by molar-refractivity contribution is -0.139. The SMILES string of the molecule is Cc1cc(C(=O)NCc2cccc(O)c2)sc1C(=O)NC(CNC(=O)c1cccc(C(=O)O)c1)C(=O)O. The molecular weight excluding hydrogens is 502 g/mol. The van der Waals surface area contributed by atoms with Crippen LogP contribution in [0.15, 0.2) is 54.6 Å². The van der Waals surface area contributed by atoms with Crippen molar-refractivity contribution in [2.75, 3.05) is 6.54 Å². The largest absolute Gasteiger partial charge is 0.508 e. The van der Waals surface area contributed by atoms with Crippen molar-refractivity contribution in [3.05, 3.63) is 86.6 Å². The van der Waals surface area contributed by atoms with Gasteiger partial charge in [0.15, 0.2) is 0 Å². The fourth-order valence-corrected chi connectivity index (χ4v) is 4.26. The van der Waals surface area contributed by atoms with E-state index in [1.165, 1.54) is 36.4 Å². The number of phenolic OH excluding ortho intramolecular Hbond substituents is 1. The highest BCUT2D eigenvalue weighted by molar-refractivity contribution is 7.16. The first-order valence-corrected chi connectivity index (χ1v) is 11.7. The molecule has 0 aliphatic rings. The first-order valence-electron chi connectivity index (χ1n) is 10.9. The molecule has 1 aromatic heterocycles. The molecule has 0 radical (unpaired) electrons. The van der Waals surface area contributed by atoms with Gasteiger partial charge in [0.1, 0.15) is 11.8 Å². The highest BCUT2D eigenvalue weighted by atomic mass is 32.1. The van der Waals surface area contributed by atoms with Gasteiger partial charge in [-0.3, -0.25) is 14.4 Å². The van der Waals surface area contributed by atoms with Crippen LogP contribution in [0.25, 0.3) is 0 Å². The third-order valence-electron chi connectivity index (χ3n) is 5.15. The molecule has 3 amide bonds. The Balaban J connectivity index is 1.62. The van der Waals surface area contributed by atoms with Crippen LogP contribution in [0.1, 0.15) is 51.2 Å². The van der Waals surface area contributed by atoms with Crippen molar-refractivity contribution in [2.45, 2.75) is 19.5 Å². The molecule has 192 valence electrons. The number of carboxylic acids is 2. The molecule has 3 rings (SSSR count). The first kappa shape index (κ1) is 26.9. The van der Waals surface area contributed by atoms with Crippen molar-refractivity contribution in [2.24, 2.45) is 0 Å². The predicted molar refractivity (Wildman–Crippen MR) is 133 cm³/mol. The second-order valence-electron chi connectivity index (χ2n) is 7.94. The van der Waals surface area contributed by atoms with Crippen LogP contribution in [0.5, 0.6) is 5.75 Å². The van der Waals surface area contributed by atoms with E-state index in [0.717, 1.165) is 17.4 Å². The highest BCUT2D eigenvalue weighted by Gasteiger charge is 2.25. The van der Waals surface area contributed by atoms with Gasteiger partial charge in [-0.1, -0.05) is 18.2 Å². The van der Waals surface area contributed by atoms with E-state index in [4.69, 9.17) is 5.11 Å². The topological polar surface area (TPSA) is 182 Å². The van der Waals surface area contributed by atoms with Gasteiger partial charge in [-0.25, -0.2) is 9.59 Å².